The second-order valence-electron chi connectivity index (χ2n) is 7.84. The molecule has 29 heavy (non-hydrogen) atoms. The third-order valence-corrected chi connectivity index (χ3v) is 5.80. The molecule has 2 saturated heterocycles. The lowest BCUT2D eigenvalue weighted by Crippen LogP contribution is -2.56. The van der Waals surface area contributed by atoms with Crippen molar-refractivity contribution in [2.75, 3.05) is 46.5 Å². The van der Waals surface area contributed by atoms with Gasteiger partial charge in [-0.15, -0.1) is 0 Å². The summed E-state index contributed by atoms with van der Waals surface area (Å²) in [7, 11) is 1.72. The molecule has 2 amide bonds. The molecule has 0 saturated carbocycles. The first-order chi connectivity index (χ1) is 14.1. The van der Waals surface area contributed by atoms with E-state index in [4.69, 9.17) is 9.47 Å². The molecular weight excluding hydrogens is 370 g/mol. The average molecular weight is 404 g/mol. The third-order valence-electron chi connectivity index (χ3n) is 5.80. The Morgan fingerprint density at radius 2 is 1.90 bits per heavy atom. The van der Waals surface area contributed by atoms with E-state index in [1.165, 1.54) is 0 Å². The lowest BCUT2D eigenvalue weighted by atomic mass is 9.97. The predicted molar refractivity (Wildman–Crippen MR) is 111 cm³/mol. The van der Waals surface area contributed by atoms with Gasteiger partial charge in [-0.25, -0.2) is 0 Å². The number of nitrogens with one attached hydrogen (secondary N) is 1. The van der Waals surface area contributed by atoms with E-state index >= 15 is 0 Å². The summed E-state index contributed by atoms with van der Waals surface area (Å²) in [6.07, 6.45) is 2.16. The average Bonchev–Trinajstić information content (AvgIpc) is 2.73. The number of amides is 2. The van der Waals surface area contributed by atoms with Crippen molar-refractivity contribution in [1.82, 2.24) is 15.1 Å². The van der Waals surface area contributed by atoms with Gasteiger partial charge in [-0.2, -0.15) is 0 Å². The van der Waals surface area contributed by atoms with Gasteiger partial charge < -0.3 is 19.7 Å². The number of benzene rings is 1. The highest BCUT2D eigenvalue weighted by Gasteiger charge is 2.33. The molecule has 160 valence electrons. The van der Waals surface area contributed by atoms with Gasteiger partial charge in [0.15, 0.2) is 0 Å². The van der Waals surface area contributed by atoms with Gasteiger partial charge in [-0.3, -0.25) is 14.5 Å². The normalized spacial score (nSPS) is 21.1. The van der Waals surface area contributed by atoms with Crippen LogP contribution in [0.4, 0.5) is 0 Å². The van der Waals surface area contributed by atoms with Crippen LogP contribution in [-0.4, -0.2) is 74.2 Å². The molecule has 0 spiro atoms. The second-order valence-corrected chi connectivity index (χ2v) is 7.84. The number of hydrogen-bond acceptors (Lipinski definition) is 5. The topological polar surface area (TPSA) is 71.1 Å². The smallest absolute Gasteiger partial charge is 0.237 e. The largest absolute Gasteiger partial charge is 0.494 e. The fourth-order valence-corrected chi connectivity index (χ4v) is 4.14. The van der Waals surface area contributed by atoms with Crippen molar-refractivity contribution in [3.05, 3.63) is 29.8 Å². The molecule has 2 aliphatic rings. The lowest BCUT2D eigenvalue weighted by Gasteiger charge is -2.37. The van der Waals surface area contributed by atoms with Crippen LogP contribution in [-0.2, 0) is 20.9 Å². The summed E-state index contributed by atoms with van der Waals surface area (Å²) in [5.41, 5.74) is 1.11. The maximum Gasteiger partial charge on any atom is 0.237 e. The number of likely N-dealkylation sites (tertiary alicyclic amines) is 1. The molecular formula is C22H33N3O4. The Labute approximate surface area is 173 Å². The highest BCUT2D eigenvalue weighted by Crippen LogP contribution is 2.21. The summed E-state index contributed by atoms with van der Waals surface area (Å²) < 4.78 is 10.7. The molecule has 1 aromatic carbocycles. The van der Waals surface area contributed by atoms with Crippen molar-refractivity contribution in [2.45, 2.75) is 38.8 Å². The van der Waals surface area contributed by atoms with Crippen LogP contribution in [0.3, 0.4) is 0 Å². The number of piperazine rings is 1. The molecule has 0 radical (unpaired) electrons. The van der Waals surface area contributed by atoms with Crippen LogP contribution in [0.15, 0.2) is 24.3 Å². The van der Waals surface area contributed by atoms with Crippen molar-refractivity contribution in [1.29, 1.82) is 0 Å². The Bertz CT molecular complexity index is 671. The molecule has 0 unspecified atom stereocenters. The van der Waals surface area contributed by atoms with Gasteiger partial charge in [0.2, 0.25) is 11.8 Å². The van der Waals surface area contributed by atoms with Crippen LogP contribution in [0.1, 0.15) is 31.7 Å². The Morgan fingerprint density at radius 3 is 2.55 bits per heavy atom. The summed E-state index contributed by atoms with van der Waals surface area (Å²) in [4.78, 5) is 29.4. The van der Waals surface area contributed by atoms with Crippen LogP contribution >= 0.6 is 0 Å². The molecule has 1 atom stereocenters. The highest BCUT2D eigenvalue weighted by atomic mass is 16.5. The molecule has 0 bridgehead atoms. The van der Waals surface area contributed by atoms with Gasteiger partial charge in [0.1, 0.15) is 5.75 Å². The first-order valence-corrected chi connectivity index (χ1v) is 10.6. The summed E-state index contributed by atoms with van der Waals surface area (Å²) in [5, 5.41) is 2.92. The van der Waals surface area contributed by atoms with Crippen LogP contribution < -0.4 is 10.1 Å². The van der Waals surface area contributed by atoms with Crippen LogP contribution in [0.5, 0.6) is 5.75 Å². The molecule has 2 aliphatic heterocycles. The monoisotopic (exact) mass is 403 g/mol. The van der Waals surface area contributed by atoms with E-state index in [1.807, 2.05) is 36.1 Å². The van der Waals surface area contributed by atoms with E-state index in [2.05, 4.69) is 10.2 Å². The Balaban J connectivity index is 1.58. The molecule has 0 aliphatic carbocycles. The number of methoxy groups -OCH3 is 1. The molecule has 1 N–H and O–H groups in total. The molecule has 0 aromatic heterocycles. The number of ether oxygens (including phenoxy) is 2. The third kappa shape index (κ3) is 5.93. The van der Waals surface area contributed by atoms with Crippen molar-refractivity contribution in [3.63, 3.8) is 0 Å². The van der Waals surface area contributed by atoms with Crippen molar-refractivity contribution in [3.8, 4) is 5.75 Å². The summed E-state index contributed by atoms with van der Waals surface area (Å²) in [6.45, 7) is 6.85. The van der Waals surface area contributed by atoms with Gasteiger partial charge in [-0.1, -0.05) is 12.1 Å². The summed E-state index contributed by atoms with van der Waals surface area (Å²) in [5.74, 6) is 1.39. The minimum Gasteiger partial charge on any atom is -0.494 e. The Morgan fingerprint density at radius 1 is 1.17 bits per heavy atom. The van der Waals surface area contributed by atoms with Crippen LogP contribution in [0.2, 0.25) is 0 Å². The summed E-state index contributed by atoms with van der Waals surface area (Å²) in [6, 6.07) is 7.54. The van der Waals surface area contributed by atoms with E-state index in [-0.39, 0.29) is 18.2 Å². The fraction of sp³-hybridized carbons (Fsp3) is 0.636. The van der Waals surface area contributed by atoms with E-state index in [0.29, 0.717) is 25.6 Å². The second kappa shape index (κ2) is 10.6. The molecule has 1 aromatic rings. The van der Waals surface area contributed by atoms with Gasteiger partial charge in [-0.05, 0) is 43.4 Å². The van der Waals surface area contributed by atoms with Crippen molar-refractivity contribution in [2.24, 2.45) is 5.92 Å². The minimum atomic E-state index is -0.417. The van der Waals surface area contributed by atoms with Crippen molar-refractivity contribution < 1.29 is 19.1 Å². The zero-order valence-electron chi connectivity index (χ0n) is 17.6. The van der Waals surface area contributed by atoms with Crippen LogP contribution in [0.25, 0.3) is 0 Å². The molecule has 2 heterocycles. The first-order valence-electron chi connectivity index (χ1n) is 10.6. The molecule has 7 nitrogen and oxygen atoms in total. The molecule has 3 rings (SSSR count). The SMILES string of the molecule is CCOc1ccc(CN2CCNC(=O)[C@H]2CC(=O)N2CCC(COC)CC2)cc1. The van der Waals surface area contributed by atoms with E-state index in [0.717, 1.165) is 50.4 Å². The standard InChI is InChI=1S/C22H33N3O4/c1-3-29-19-6-4-17(5-7-19)15-25-13-10-23-22(27)20(25)14-21(26)24-11-8-18(9-12-24)16-28-2/h4-7,18,20H,3,8-16H2,1-2H3,(H,23,27)/t20-/m1/s1. The molecule has 2 fully saturated rings. The van der Waals surface area contributed by atoms with Gasteiger partial charge >= 0.3 is 0 Å². The number of hydrogen-bond donors (Lipinski definition) is 1. The first kappa shape index (κ1) is 21.6. The number of piperidine rings is 1. The number of carbonyl (C=O) groups is 2. The number of carbonyl (C=O) groups excluding carboxylic acids is 2. The van der Waals surface area contributed by atoms with Gasteiger partial charge in [0, 0.05) is 46.4 Å². The number of nitrogens with zero attached hydrogens (tertiary/aromatic N) is 2. The number of rotatable bonds is 8. The lowest BCUT2D eigenvalue weighted by molar-refractivity contribution is -0.140. The fourth-order valence-electron chi connectivity index (χ4n) is 4.14. The zero-order chi connectivity index (χ0) is 20.6. The maximum atomic E-state index is 12.9. The maximum absolute atomic E-state index is 12.9. The van der Waals surface area contributed by atoms with E-state index in [1.54, 1.807) is 7.11 Å². The Hall–Kier alpha value is -2.12. The Kier molecular flexibility index (Phi) is 7.89. The highest BCUT2D eigenvalue weighted by molar-refractivity contribution is 5.88. The van der Waals surface area contributed by atoms with Gasteiger partial charge in [0.25, 0.3) is 0 Å². The van der Waals surface area contributed by atoms with Crippen LogP contribution in [0, 0.1) is 5.92 Å². The van der Waals surface area contributed by atoms with E-state index in [9.17, 15) is 9.59 Å². The summed E-state index contributed by atoms with van der Waals surface area (Å²) >= 11 is 0. The quantitative estimate of drug-likeness (QED) is 0.715. The van der Waals surface area contributed by atoms with E-state index < -0.39 is 6.04 Å². The molecule has 7 heteroatoms. The minimum absolute atomic E-state index is 0.0511. The predicted octanol–water partition coefficient (Wildman–Crippen LogP) is 1.66. The van der Waals surface area contributed by atoms with Gasteiger partial charge in [0.05, 0.1) is 19.1 Å². The van der Waals surface area contributed by atoms with Crippen molar-refractivity contribution >= 4 is 11.8 Å². The zero-order valence-corrected chi connectivity index (χ0v) is 17.6.